The summed E-state index contributed by atoms with van der Waals surface area (Å²) in [7, 11) is 0. The lowest BCUT2D eigenvalue weighted by Gasteiger charge is -2.12. The van der Waals surface area contributed by atoms with Gasteiger partial charge in [0.25, 0.3) is 5.91 Å². The molecule has 0 saturated heterocycles. The highest BCUT2D eigenvalue weighted by Gasteiger charge is 2.33. The summed E-state index contributed by atoms with van der Waals surface area (Å²) >= 11 is 0. The number of amides is 2. The molecule has 0 radical (unpaired) electrons. The van der Waals surface area contributed by atoms with Crippen LogP contribution in [-0.4, -0.2) is 23.3 Å². The number of primary amides is 1. The predicted molar refractivity (Wildman–Crippen MR) is 84.5 cm³/mol. The number of nitrogens with zero attached hydrogens (tertiary/aromatic N) is 1. The molecule has 0 spiro atoms. The minimum Gasteiger partial charge on any atom is -0.365 e. The smallest absolute Gasteiger partial charge is 0.365 e. The average Bonchev–Trinajstić information content (AvgIpc) is 2.58. The maximum atomic E-state index is 12.7. The molecule has 9 heteroatoms. The van der Waals surface area contributed by atoms with E-state index in [0.29, 0.717) is 6.07 Å². The van der Waals surface area contributed by atoms with E-state index in [0.717, 1.165) is 11.6 Å². The number of hydrogen-bond acceptors (Lipinski definition) is 4. The Labute approximate surface area is 141 Å². The van der Waals surface area contributed by atoms with Gasteiger partial charge < -0.3 is 16.4 Å². The summed E-state index contributed by atoms with van der Waals surface area (Å²) in [6.45, 7) is -0.0958. The van der Waals surface area contributed by atoms with Gasteiger partial charge in [-0.2, -0.15) is 13.2 Å². The Morgan fingerprint density at radius 2 is 1.76 bits per heavy atom. The third-order valence-corrected chi connectivity index (χ3v) is 3.20. The van der Waals surface area contributed by atoms with Gasteiger partial charge in [0.05, 0.1) is 12.1 Å². The molecular formula is C16H15F3N4O2. The number of nitrogens with two attached hydrogens (primary N) is 1. The summed E-state index contributed by atoms with van der Waals surface area (Å²) < 4.78 is 38.2. The van der Waals surface area contributed by atoms with Gasteiger partial charge in [-0.25, -0.2) is 4.98 Å². The van der Waals surface area contributed by atoms with Crippen LogP contribution in [0.2, 0.25) is 0 Å². The van der Waals surface area contributed by atoms with Gasteiger partial charge in [-0.3, -0.25) is 9.59 Å². The fraction of sp³-hybridized carbons (Fsp3) is 0.188. The van der Waals surface area contributed by atoms with Gasteiger partial charge in [-0.15, -0.1) is 0 Å². The van der Waals surface area contributed by atoms with Crippen LogP contribution in [-0.2, 0) is 17.5 Å². The molecule has 2 aromatic rings. The van der Waals surface area contributed by atoms with Gasteiger partial charge in [0.1, 0.15) is 11.5 Å². The second-order valence-electron chi connectivity index (χ2n) is 5.07. The topological polar surface area (TPSA) is 97.1 Å². The Bertz CT molecular complexity index is 764. The molecule has 0 bridgehead atoms. The highest BCUT2D eigenvalue weighted by Crippen LogP contribution is 2.29. The van der Waals surface area contributed by atoms with E-state index in [1.165, 1.54) is 0 Å². The third kappa shape index (κ3) is 5.20. The molecule has 0 aliphatic rings. The van der Waals surface area contributed by atoms with Crippen molar-refractivity contribution in [1.82, 2.24) is 10.3 Å². The number of benzene rings is 1. The Morgan fingerprint density at radius 3 is 2.36 bits per heavy atom. The molecule has 25 heavy (non-hydrogen) atoms. The van der Waals surface area contributed by atoms with Crippen molar-refractivity contribution in [3.8, 4) is 0 Å². The van der Waals surface area contributed by atoms with Gasteiger partial charge in [0, 0.05) is 6.54 Å². The van der Waals surface area contributed by atoms with Crippen molar-refractivity contribution in [2.24, 2.45) is 5.73 Å². The molecule has 0 atom stereocenters. The molecule has 0 unspecified atom stereocenters. The molecule has 2 rings (SSSR count). The average molecular weight is 352 g/mol. The zero-order valence-corrected chi connectivity index (χ0v) is 12.9. The Balaban J connectivity index is 2.03. The van der Waals surface area contributed by atoms with Crippen molar-refractivity contribution in [2.75, 3.05) is 11.9 Å². The highest BCUT2D eigenvalue weighted by molar-refractivity contribution is 5.98. The van der Waals surface area contributed by atoms with Crippen LogP contribution in [0.3, 0.4) is 0 Å². The van der Waals surface area contributed by atoms with E-state index in [1.807, 2.05) is 30.3 Å². The summed E-state index contributed by atoms with van der Waals surface area (Å²) in [6, 6.07) is 10.7. The van der Waals surface area contributed by atoms with Gasteiger partial charge >= 0.3 is 6.18 Å². The van der Waals surface area contributed by atoms with Crippen LogP contribution >= 0.6 is 0 Å². The molecule has 2 amide bonds. The van der Waals surface area contributed by atoms with E-state index in [9.17, 15) is 22.8 Å². The van der Waals surface area contributed by atoms with Crippen LogP contribution in [0.1, 0.15) is 21.6 Å². The molecule has 4 N–H and O–H groups in total. The molecule has 0 aliphatic carbocycles. The number of carbonyl (C=O) groups is 2. The summed E-state index contributed by atoms with van der Waals surface area (Å²) in [4.78, 5) is 26.4. The zero-order chi connectivity index (χ0) is 18.4. The molecule has 6 nitrogen and oxygen atoms in total. The quantitative estimate of drug-likeness (QED) is 0.740. The van der Waals surface area contributed by atoms with Gasteiger partial charge in [0.2, 0.25) is 5.91 Å². The molecule has 1 aromatic heterocycles. The van der Waals surface area contributed by atoms with Crippen LogP contribution in [0.4, 0.5) is 19.0 Å². The molecule has 0 saturated carbocycles. The van der Waals surface area contributed by atoms with Gasteiger partial charge in [0.15, 0.2) is 0 Å². The summed E-state index contributed by atoms with van der Waals surface area (Å²) in [5.74, 6) is -1.82. The van der Waals surface area contributed by atoms with E-state index in [1.54, 1.807) is 0 Å². The van der Waals surface area contributed by atoms with Crippen molar-refractivity contribution in [2.45, 2.75) is 12.7 Å². The van der Waals surface area contributed by atoms with Crippen LogP contribution in [0.25, 0.3) is 0 Å². The second kappa shape index (κ2) is 7.65. The summed E-state index contributed by atoms with van der Waals surface area (Å²) in [5, 5.41) is 5.01. The van der Waals surface area contributed by atoms with E-state index in [2.05, 4.69) is 15.6 Å². The molecule has 132 valence electrons. The molecule has 1 aromatic carbocycles. The van der Waals surface area contributed by atoms with Crippen LogP contribution in [0.5, 0.6) is 0 Å². The first kappa shape index (κ1) is 18.2. The minimum atomic E-state index is -4.68. The number of pyridine rings is 1. The maximum absolute atomic E-state index is 12.7. The van der Waals surface area contributed by atoms with Crippen molar-refractivity contribution < 1.29 is 22.8 Å². The zero-order valence-electron chi connectivity index (χ0n) is 12.9. The fourth-order valence-corrected chi connectivity index (χ4v) is 1.97. The van der Waals surface area contributed by atoms with Gasteiger partial charge in [-0.05, 0) is 17.7 Å². The minimum absolute atomic E-state index is 0.233. The third-order valence-electron chi connectivity index (χ3n) is 3.20. The molecular weight excluding hydrogens is 337 g/mol. The largest absolute Gasteiger partial charge is 0.433 e. The lowest BCUT2D eigenvalue weighted by molar-refractivity contribution is -0.141. The van der Waals surface area contributed by atoms with Crippen molar-refractivity contribution in [1.29, 1.82) is 0 Å². The fourth-order valence-electron chi connectivity index (χ4n) is 1.97. The number of alkyl halides is 3. The monoisotopic (exact) mass is 352 g/mol. The SMILES string of the molecule is NC(=O)c1ccc(C(F)(F)F)nc1NCC(=O)NCc1ccccc1. The van der Waals surface area contributed by atoms with E-state index in [4.69, 9.17) is 5.73 Å². The molecule has 0 fully saturated rings. The predicted octanol–water partition coefficient (Wildman–Crippen LogP) is 1.93. The van der Waals surface area contributed by atoms with Crippen LogP contribution in [0, 0.1) is 0 Å². The van der Waals surface area contributed by atoms with E-state index >= 15 is 0 Å². The van der Waals surface area contributed by atoms with Crippen molar-refractivity contribution in [3.05, 3.63) is 59.3 Å². The first-order chi connectivity index (χ1) is 11.8. The number of anilines is 1. The normalized spacial score (nSPS) is 11.0. The van der Waals surface area contributed by atoms with Gasteiger partial charge in [-0.1, -0.05) is 30.3 Å². The number of nitrogens with one attached hydrogen (secondary N) is 2. The number of rotatable bonds is 6. The van der Waals surface area contributed by atoms with Crippen molar-refractivity contribution >= 4 is 17.6 Å². The maximum Gasteiger partial charge on any atom is 0.433 e. The lowest BCUT2D eigenvalue weighted by Crippen LogP contribution is -2.30. The Morgan fingerprint density at radius 1 is 1.08 bits per heavy atom. The molecule has 1 heterocycles. The second-order valence-corrected chi connectivity index (χ2v) is 5.07. The van der Waals surface area contributed by atoms with Crippen LogP contribution in [0.15, 0.2) is 42.5 Å². The number of hydrogen-bond donors (Lipinski definition) is 3. The van der Waals surface area contributed by atoms with E-state index < -0.39 is 29.5 Å². The number of aromatic nitrogens is 1. The number of halogens is 3. The Hall–Kier alpha value is -3.10. The standard InChI is InChI=1S/C16H15F3N4O2/c17-16(18,19)12-7-6-11(14(20)25)15(23-12)22-9-13(24)21-8-10-4-2-1-3-5-10/h1-7H,8-9H2,(H2,20,25)(H,21,24)(H,22,23). The van der Waals surface area contributed by atoms with Crippen molar-refractivity contribution in [3.63, 3.8) is 0 Å². The van der Waals surface area contributed by atoms with E-state index in [-0.39, 0.29) is 18.7 Å². The van der Waals surface area contributed by atoms with Crippen LogP contribution < -0.4 is 16.4 Å². The first-order valence-electron chi connectivity index (χ1n) is 7.20. The Kier molecular flexibility index (Phi) is 5.58. The number of carbonyl (C=O) groups excluding carboxylic acids is 2. The lowest BCUT2D eigenvalue weighted by atomic mass is 10.2. The summed E-state index contributed by atoms with van der Waals surface area (Å²) in [5.41, 5.74) is 4.56. The summed E-state index contributed by atoms with van der Waals surface area (Å²) in [6.07, 6.45) is -4.68. The molecule has 0 aliphatic heterocycles. The highest BCUT2D eigenvalue weighted by atomic mass is 19.4. The first-order valence-corrected chi connectivity index (χ1v) is 7.20.